The van der Waals surface area contributed by atoms with Crippen LogP contribution in [0.2, 0.25) is 5.02 Å². The molecule has 0 bridgehead atoms. The lowest BCUT2D eigenvalue weighted by Crippen LogP contribution is -2.30. The Morgan fingerprint density at radius 2 is 2.25 bits per heavy atom. The van der Waals surface area contributed by atoms with Crippen LogP contribution in [-0.2, 0) is 16.1 Å². The Kier molecular flexibility index (Phi) is 8.14. The molecule has 0 aromatic heterocycles. The van der Waals surface area contributed by atoms with E-state index in [1.807, 2.05) is 0 Å². The molecule has 24 heavy (non-hydrogen) atoms. The van der Waals surface area contributed by atoms with Crippen molar-refractivity contribution in [1.29, 1.82) is 0 Å². The van der Waals surface area contributed by atoms with Crippen molar-refractivity contribution in [1.82, 2.24) is 5.32 Å². The third-order valence-electron chi connectivity index (χ3n) is 2.57. The fourth-order valence-electron chi connectivity index (χ4n) is 1.51. The van der Waals surface area contributed by atoms with Gasteiger partial charge in [-0.15, -0.1) is 0 Å². The van der Waals surface area contributed by atoms with Crippen molar-refractivity contribution in [2.45, 2.75) is 13.5 Å². The molecular weight excluding hydrogens is 364 g/mol. The normalized spacial score (nSPS) is 12.0. The zero-order valence-corrected chi connectivity index (χ0v) is 14.1. The summed E-state index contributed by atoms with van der Waals surface area (Å²) in [7, 11) is 0. The predicted octanol–water partition coefficient (Wildman–Crippen LogP) is 2.89. The van der Waals surface area contributed by atoms with Crippen LogP contribution in [0, 0.1) is 15.9 Å². The number of carbonyl (C=O) groups excluding carboxylic acids is 1. The van der Waals surface area contributed by atoms with Gasteiger partial charge in [-0.2, -0.15) is 0 Å². The molecule has 0 radical (unpaired) electrons. The van der Waals surface area contributed by atoms with Gasteiger partial charge in [0.25, 0.3) is 0 Å². The van der Waals surface area contributed by atoms with Crippen molar-refractivity contribution in [2.24, 2.45) is 4.99 Å². The molecule has 1 aromatic rings. The van der Waals surface area contributed by atoms with E-state index in [9.17, 15) is 19.3 Å². The summed E-state index contributed by atoms with van der Waals surface area (Å²) in [6.07, 6.45) is 0.951. The maximum Gasteiger partial charge on any atom is 0.340 e. The molecule has 0 aliphatic heterocycles. The highest BCUT2D eigenvalue weighted by Gasteiger charge is 2.10. The third-order valence-corrected chi connectivity index (χ3v) is 3.12. The van der Waals surface area contributed by atoms with Crippen molar-refractivity contribution in [3.63, 3.8) is 0 Å². The highest BCUT2D eigenvalue weighted by molar-refractivity contribution is 6.30. The summed E-state index contributed by atoms with van der Waals surface area (Å²) in [6, 6.07) is 4.11. The summed E-state index contributed by atoms with van der Waals surface area (Å²) >= 11 is 11.0. The van der Waals surface area contributed by atoms with E-state index in [4.69, 9.17) is 27.9 Å². The molecule has 0 saturated heterocycles. The summed E-state index contributed by atoms with van der Waals surface area (Å²) in [5, 5.41) is 12.5. The zero-order chi connectivity index (χ0) is 18.1. The molecule has 0 aliphatic carbocycles. The minimum Gasteiger partial charge on any atom is -0.465 e. The Morgan fingerprint density at radius 3 is 2.83 bits per heavy atom. The molecule has 0 fully saturated rings. The summed E-state index contributed by atoms with van der Waals surface area (Å²) in [4.78, 5) is 25.2. The van der Waals surface area contributed by atoms with Gasteiger partial charge in [0.2, 0.25) is 0 Å². The fraction of sp³-hybridized carbons (Fsp3) is 0.286. The second-order valence-electron chi connectivity index (χ2n) is 4.33. The molecule has 0 aliphatic rings. The van der Waals surface area contributed by atoms with E-state index in [2.05, 4.69) is 10.3 Å². The van der Waals surface area contributed by atoms with Gasteiger partial charge in [-0.3, -0.25) is 19.9 Å². The quantitative estimate of drug-likeness (QED) is 0.197. The second-order valence-corrected chi connectivity index (χ2v) is 5.13. The summed E-state index contributed by atoms with van der Waals surface area (Å²) < 4.78 is 18.1. The molecule has 0 heterocycles. The van der Waals surface area contributed by atoms with Crippen LogP contribution in [0.4, 0.5) is 4.39 Å². The fourth-order valence-corrected chi connectivity index (χ4v) is 1.73. The minimum atomic E-state index is -0.814. The molecule has 0 amide bonds. The molecule has 130 valence electrons. The van der Waals surface area contributed by atoms with Crippen LogP contribution in [0.1, 0.15) is 12.5 Å². The van der Waals surface area contributed by atoms with Gasteiger partial charge in [0.05, 0.1) is 29.2 Å². The maximum absolute atomic E-state index is 13.4. The maximum atomic E-state index is 13.4. The molecule has 0 atom stereocenters. The first-order valence-electron chi connectivity index (χ1n) is 6.73. The number of carbonyl (C=O) groups is 1. The number of nitrogens with one attached hydrogen (secondary N) is 1. The van der Waals surface area contributed by atoms with Gasteiger partial charge in [-0.1, -0.05) is 17.7 Å². The molecule has 1 rings (SSSR count). The minimum absolute atomic E-state index is 0.00235. The van der Waals surface area contributed by atoms with E-state index < -0.39 is 21.9 Å². The molecular formula is C14H14Cl2FN3O4. The number of halogens is 3. The summed E-state index contributed by atoms with van der Waals surface area (Å²) in [6.45, 7) is 1.59. The molecule has 1 N–H and O–H groups in total. The Hall–Kier alpha value is -2.19. The van der Waals surface area contributed by atoms with Gasteiger partial charge in [0.1, 0.15) is 18.2 Å². The Morgan fingerprint density at radius 1 is 1.54 bits per heavy atom. The number of ether oxygens (including phenoxy) is 1. The summed E-state index contributed by atoms with van der Waals surface area (Å²) in [5.74, 6) is -1.18. The van der Waals surface area contributed by atoms with Crippen LogP contribution in [0.5, 0.6) is 0 Å². The number of benzene rings is 1. The van der Waals surface area contributed by atoms with E-state index in [-0.39, 0.29) is 30.6 Å². The first-order valence-corrected chi connectivity index (χ1v) is 7.48. The number of aliphatic imine (C=N–C) groups is 1. The first-order chi connectivity index (χ1) is 11.3. The number of rotatable bonds is 7. The predicted molar refractivity (Wildman–Crippen MR) is 88.1 cm³/mol. The Balaban J connectivity index is 2.89. The summed E-state index contributed by atoms with van der Waals surface area (Å²) in [5.41, 5.74) is 0.484. The van der Waals surface area contributed by atoms with Gasteiger partial charge in [0, 0.05) is 0 Å². The topological polar surface area (TPSA) is 93.8 Å². The SMILES string of the molecule is CCOC(=O)CNC(/C=C(/Cl)[N+](=O)[O-])=NCc1ccc(Cl)c(F)c1. The average molecular weight is 378 g/mol. The molecule has 0 spiro atoms. The molecule has 7 nitrogen and oxygen atoms in total. The average Bonchev–Trinajstić information content (AvgIpc) is 2.53. The van der Waals surface area contributed by atoms with E-state index in [0.29, 0.717) is 5.56 Å². The van der Waals surface area contributed by atoms with E-state index >= 15 is 0 Å². The van der Waals surface area contributed by atoms with Crippen molar-refractivity contribution in [3.8, 4) is 0 Å². The lowest BCUT2D eigenvalue weighted by atomic mass is 10.2. The van der Waals surface area contributed by atoms with Gasteiger partial charge < -0.3 is 10.1 Å². The molecule has 10 heteroatoms. The van der Waals surface area contributed by atoms with Crippen molar-refractivity contribution in [3.05, 3.63) is 55.9 Å². The van der Waals surface area contributed by atoms with Gasteiger partial charge in [-0.25, -0.2) is 4.39 Å². The van der Waals surface area contributed by atoms with Crippen molar-refractivity contribution < 1.29 is 18.8 Å². The number of hydrogen-bond acceptors (Lipinski definition) is 5. The van der Waals surface area contributed by atoms with E-state index in [1.54, 1.807) is 13.0 Å². The zero-order valence-electron chi connectivity index (χ0n) is 12.6. The van der Waals surface area contributed by atoms with Gasteiger partial charge >= 0.3 is 11.1 Å². The molecule has 1 aromatic carbocycles. The Bertz CT molecular complexity index is 680. The number of hydrogen-bond donors (Lipinski definition) is 1. The van der Waals surface area contributed by atoms with Crippen molar-refractivity contribution >= 4 is 35.0 Å². The van der Waals surface area contributed by atoms with Gasteiger partial charge in [0.15, 0.2) is 0 Å². The van der Waals surface area contributed by atoms with Crippen molar-refractivity contribution in [2.75, 3.05) is 13.2 Å². The van der Waals surface area contributed by atoms with Crippen LogP contribution in [0.25, 0.3) is 0 Å². The van der Waals surface area contributed by atoms with Crippen LogP contribution < -0.4 is 5.32 Å². The van der Waals surface area contributed by atoms with Crippen LogP contribution >= 0.6 is 23.2 Å². The molecule has 0 saturated carbocycles. The third kappa shape index (κ3) is 6.93. The number of amidine groups is 1. The lowest BCUT2D eigenvalue weighted by molar-refractivity contribution is -0.412. The van der Waals surface area contributed by atoms with Crippen LogP contribution in [0.15, 0.2) is 34.4 Å². The van der Waals surface area contributed by atoms with Crippen LogP contribution in [0.3, 0.4) is 0 Å². The molecule has 0 unspecified atom stereocenters. The highest BCUT2D eigenvalue weighted by atomic mass is 35.5. The lowest BCUT2D eigenvalue weighted by Gasteiger charge is -2.06. The van der Waals surface area contributed by atoms with Crippen LogP contribution in [-0.4, -0.2) is 29.9 Å². The Labute approximate surface area is 147 Å². The number of esters is 1. The van der Waals surface area contributed by atoms with E-state index in [0.717, 1.165) is 6.08 Å². The smallest absolute Gasteiger partial charge is 0.340 e. The largest absolute Gasteiger partial charge is 0.465 e. The monoisotopic (exact) mass is 377 g/mol. The highest BCUT2D eigenvalue weighted by Crippen LogP contribution is 2.16. The number of nitrogens with zero attached hydrogens (tertiary/aromatic N) is 2. The first kappa shape index (κ1) is 19.9. The second kappa shape index (κ2) is 9.84. The van der Waals surface area contributed by atoms with Gasteiger partial charge in [-0.05, 0) is 36.2 Å². The van der Waals surface area contributed by atoms with E-state index in [1.165, 1.54) is 12.1 Å². The number of nitro groups is 1. The standard InChI is InChI=1S/C14H14Cl2FN3O4/c1-2-24-14(21)8-19-13(6-12(16)20(22)23)18-7-9-3-4-10(15)11(17)5-9/h3-6H,2,7-8H2,1H3,(H,18,19)/b12-6-.